The van der Waals surface area contributed by atoms with E-state index >= 15 is 0 Å². The van der Waals surface area contributed by atoms with Crippen LogP contribution in [0.1, 0.15) is 47.7 Å². The minimum Gasteiger partial charge on any atom is -0.338 e. The lowest BCUT2D eigenvalue weighted by Crippen LogP contribution is -2.33. The van der Waals surface area contributed by atoms with Gasteiger partial charge >= 0.3 is 0 Å². The molecule has 0 bridgehead atoms. The molecule has 2 aromatic carbocycles. The summed E-state index contributed by atoms with van der Waals surface area (Å²) in [5.41, 5.74) is 3.00. The molecular formula is C22H28N2O3S. The molecule has 1 amide bonds. The Balaban J connectivity index is 1.72. The van der Waals surface area contributed by atoms with Crippen LogP contribution in [0.2, 0.25) is 0 Å². The van der Waals surface area contributed by atoms with Crippen molar-refractivity contribution in [3.63, 3.8) is 0 Å². The molecule has 1 N–H and O–H groups in total. The number of benzene rings is 2. The summed E-state index contributed by atoms with van der Waals surface area (Å²) >= 11 is 0. The molecule has 6 heteroatoms. The first-order valence-corrected chi connectivity index (χ1v) is 11.3. The molecule has 0 radical (unpaired) electrons. The maximum Gasteiger partial charge on any atom is 0.261 e. The molecule has 0 aliphatic heterocycles. The zero-order valence-electron chi connectivity index (χ0n) is 16.7. The molecule has 0 aromatic heterocycles. The first-order valence-electron chi connectivity index (χ1n) is 9.79. The second kappa shape index (κ2) is 8.35. The van der Waals surface area contributed by atoms with Crippen LogP contribution in [0.3, 0.4) is 0 Å². The SMILES string of the molecule is CCCN(CC1CC1)C(=O)c1ccc(NS(=O)(=O)c2ccc(C)c(C)c2)cc1. The van der Waals surface area contributed by atoms with Crippen molar-refractivity contribution in [2.75, 3.05) is 17.8 Å². The fourth-order valence-electron chi connectivity index (χ4n) is 3.12. The predicted octanol–water partition coefficient (Wildman–Crippen LogP) is 4.37. The highest BCUT2D eigenvalue weighted by Crippen LogP contribution is 2.30. The number of nitrogens with zero attached hydrogens (tertiary/aromatic N) is 1. The molecule has 2 aromatic rings. The number of sulfonamides is 1. The van der Waals surface area contributed by atoms with Crippen molar-refractivity contribution in [1.29, 1.82) is 0 Å². The number of carbonyl (C=O) groups is 1. The minimum absolute atomic E-state index is 0.0114. The summed E-state index contributed by atoms with van der Waals surface area (Å²) in [6, 6.07) is 11.7. The van der Waals surface area contributed by atoms with Gasteiger partial charge in [-0.05, 0) is 86.6 Å². The van der Waals surface area contributed by atoms with E-state index in [1.165, 1.54) is 12.8 Å². The van der Waals surface area contributed by atoms with Crippen LogP contribution in [-0.2, 0) is 10.0 Å². The van der Waals surface area contributed by atoms with Crippen LogP contribution in [0.15, 0.2) is 47.4 Å². The molecule has 5 nitrogen and oxygen atoms in total. The third kappa shape index (κ3) is 4.93. The fraction of sp³-hybridized carbons (Fsp3) is 0.409. The number of hydrogen-bond acceptors (Lipinski definition) is 3. The van der Waals surface area contributed by atoms with E-state index in [9.17, 15) is 13.2 Å². The zero-order chi connectivity index (χ0) is 20.3. The van der Waals surface area contributed by atoms with Crippen LogP contribution >= 0.6 is 0 Å². The van der Waals surface area contributed by atoms with Crippen molar-refractivity contribution in [3.05, 3.63) is 59.2 Å². The number of rotatable bonds is 8. The molecular weight excluding hydrogens is 372 g/mol. The normalized spacial score (nSPS) is 14.0. The van der Waals surface area contributed by atoms with E-state index < -0.39 is 10.0 Å². The quantitative estimate of drug-likeness (QED) is 0.716. The molecule has 0 saturated heterocycles. The molecule has 0 unspecified atom stereocenters. The van der Waals surface area contributed by atoms with Gasteiger partial charge in [0.2, 0.25) is 0 Å². The third-order valence-electron chi connectivity index (χ3n) is 5.13. The first kappa shape index (κ1) is 20.4. The summed E-state index contributed by atoms with van der Waals surface area (Å²) in [6.07, 6.45) is 3.33. The second-order valence-corrected chi connectivity index (χ2v) is 9.31. The highest BCUT2D eigenvalue weighted by Gasteiger charge is 2.27. The van der Waals surface area contributed by atoms with Crippen molar-refractivity contribution >= 4 is 21.6 Å². The van der Waals surface area contributed by atoms with Crippen LogP contribution in [-0.4, -0.2) is 32.3 Å². The maximum absolute atomic E-state index is 12.8. The van der Waals surface area contributed by atoms with E-state index in [1.54, 1.807) is 42.5 Å². The number of hydrogen-bond donors (Lipinski definition) is 1. The zero-order valence-corrected chi connectivity index (χ0v) is 17.6. The van der Waals surface area contributed by atoms with Gasteiger partial charge in [0.1, 0.15) is 0 Å². The number of aryl methyl sites for hydroxylation is 2. The molecule has 0 atom stereocenters. The average molecular weight is 401 g/mol. The van der Waals surface area contributed by atoms with E-state index in [-0.39, 0.29) is 10.8 Å². The summed E-state index contributed by atoms with van der Waals surface area (Å²) < 4.78 is 27.8. The monoisotopic (exact) mass is 400 g/mol. The molecule has 1 aliphatic rings. The number of amides is 1. The molecule has 0 spiro atoms. The van der Waals surface area contributed by atoms with Crippen molar-refractivity contribution in [2.24, 2.45) is 5.92 Å². The van der Waals surface area contributed by atoms with Crippen LogP contribution in [0.5, 0.6) is 0 Å². The average Bonchev–Trinajstić information content (AvgIpc) is 3.47. The van der Waals surface area contributed by atoms with Crippen molar-refractivity contribution in [1.82, 2.24) is 4.90 Å². The lowest BCUT2D eigenvalue weighted by molar-refractivity contribution is 0.0747. The maximum atomic E-state index is 12.8. The number of carbonyl (C=O) groups excluding carboxylic acids is 1. The first-order chi connectivity index (χ1) is 13.3. The Hall–Kier alpha value is -2.34. The Morgan fingerprint density at radius 3 is 2.32 bits per heavy atom. The third-order valence-corrected chi connectivity index (χ3v) is 6.51. The Labute approximate surface area is 167 Å². The van der Waals surface area contributed by atoms with E-state index in [2.05, 4.69) is 11.6 Å². The smallest absolute Gasteiger partial charge is 0.261 e. The van der Waals surface area contributed by atoms with Gasteiger partial charge in [-0.1, -0.05) is 13.0 Å². The number of anilines is 1. The molecule has 0 heterocycles. The molecule has 3 rings (SSSR count). The van der Waals surface area contributed by atoms with Gasteiger partial charge in [0.25, 0.3) is 15.9 Å². The van der Waals surface area contributed by atoms with Gasteiger partial charge in [0.05, 0.1) is 4.90 Å². The Bertz CT molecular complexity index is 948. The molecule has 1 fully saturated rings. The Morgan fingerprint density at radius 2 is 1.75 bits per heavy atom. The van der Waals surface area contributed by atoms with Gasteiger partial charge in [-0.2, -0.15) is 0 Å². The lowest BCUT2D eigenvalue weighted by Gasteiger charge is -2.22. The Morgan fingerprint density at radius 1 is 1.07 bits per heavy atom. The fourth-order valence-corrected chi connectivity index (χ4v) is 4.26. The standard InChI is InChI=1S/C22H28N2O3S/c1-4-13-24(15-18-6-7-18)22(25)19-8-10-20(11-9-19)23-28(26,27)21-12-5-16(2)17(3)14-21/h5,8-12,14,18,23H,4,6-7,13,15H2,1-3H3. The predicted molar refractivity (Wildman–Crippen MR) is 112 cm³/mol. The van der Waals surface area contributed by atoms with Crippen LogP contribution < -0.4 is 4.72 Å². The van der Waals surface area contributed by atoms with E-state index in [1.807, 2.05) is 18.7 Å². The highest BCUT2D eigenvalue weighted by atomic mass is 32.2. The van der Waals surface area contributed by atoms with Crippen LogP contribution in [0.25, 0.3) is 0 Å². The van der Waals surface area contributed by atoms with Crippen molar-refractivity contribution < 1.29 is 13.2 Å². The summed E-state index contributed by atoms with van der Waals surface area (Å²) in [5.74, 6) is 0.650. The van der Waals surface area contributed by atoms with E-state index in [0.29, 0.717) is 17.2 Å². The van der Waals surface area contributed by atoms with E-state index in [4.69, 9.17) is 0 Å². The van der Waals surface area contributed by atoms with Gasteiger partial charge in [0.15, 0.2) is 0 Å². The van der Waals surface area contributed by atoms with E-state index in [0.717, 1.165) is 30.6 Å². The van der Waals surface area contributed by atoms with Crippen molar-refractivity contribution in [2.45, 2.75) is 44.9 Å². The largest absolute Gasteiger partial charge is 0.338 e. The van der Waals surface area contributed by atoms with Gasteiger partial charge < -0.3 is 4.90 Å². The summed E-state index contributed by atoms with van der Waals surface area (Å²) in [6.45, 7) is 7.46. The topological polar surface area (TPSA) is 66.5 Å². The molecule has 1 saturated carbocycles. The second-order valence-electron chi connectivity index (χ2n) is 7.62. The van der Waals surface area contributed by atoms with Gasteiger partial charge in [-0.15, -0.1) is 0 Å². The van der Waals surface area contributed by atoms with Crippen molar-refractivity contribution in [3.8, 4) is 0 Å². The minimum atomic E-state index is -3.66. The molecule has 1 aliphatic carbocycles. The highest BCUT2D eigenvalue weighted by molar-refractivity contribution is 7.92. The van der Waals surface area contributed by atoms with Gasteiger partial charge in [-0.25, -0.2) is 8.42 Å². The summed E-state index contributed by atoms with van der Waals surface area (Å²) in [5, 5.41) is 0. The molecule has 28 heavy (non-hydrogen) atoms. The lowest BCUT2D eigenvalue weighted by atomic mass is 10.1. The molecule has 150 valence electrons. The Kier molecular flexibility index (Phi) is 6.08. The summed E-state index contributed by atoms with van der Waals surface area (Å²) in [7, 11) is -3.66. The van der Waals surface area contributed by atoms with Crippen LogP contribution in [0.4, 0.5) is 5.69 Å². The van der Waals surface area contributed by atoms with Crippen LogP contribution in [0, 0.1) is 19.8 Å². The van der Waals surface area contributed by atoms with Gasteiger partial charge in [0, 0.05) is 24.3 Å². The summed E-state index contributed by atoms with van der Waals surface area (Å²) in [4.78, 5) is 14.9. The number of nitrogens with one attached hydrogen (secondary N) is 1. The van der Waals surface area contributed by atoms with Gasteiger partial charge in [-0.3, -0.25) is 9.52 Å².